The molecule has 3 rings (SSSR count). The molecular weight excluding hydrogens is 262 g/mol. The lowest BCUT2D eigenvalue weighted by molar-refractivity contribution is -0.103. The molecule has 2 aliphatic rings. The van der Waals surface area contributed by atoms with Gasteiger partial charge in [-0.25, -0.2) is 8.78 Å². The van der Waals surface area contributed by atoms with Gasteiger partial charge < -0.3 is 9.47 Å². The summed E-state index contributed by atoms with van der Waals surface area (Å²) < 4.78 is 37.9. The van der Waals surface area contributed by atoms with Crippen LogP contribution < -0.4 is 0 Å². The van der Waals surface area contributed by atoms with Gasteiger partial charge in [0.25, 0.3) is 0 Å². The third-order valence-electron chi connectivity index (χ3n) is 4.37. The first-order valence-electron chi connectivity index (χ1n) is 7.35. The van der Waals surface area contributed by atoms with Gasteiger partial charge in [-0.15, -0.1) is 0 Å². The summed E-state index contributed by atoms with van der Waals surface area (Å²) >= 11 is 0. The van der Waals surface area contributed by atoms with E-state index in [1.807, 2.05) is 6.92 Å². The molecule has 0 bridgehead atoms. The minimum absolute atomic E-state index is 0.0878. The predicted octanol–water partition coefficient (Wildman–Crippen LogP) is 4.00. The SMILES string of the molecule is CC1COC(C2CCC(c3cc(F)cc(F)c3)CC2)O1. The van der Waals surface area contributed by atoms with Crippen molar-refractivity contribution in [1.29, 1.82) is 0 Å². The number of halogens is 2. The molecule has 110 valence electrons. The molecule has 2 unspecified atom stereocenters. The zero-order chi connectivity index (χ0) is 14.1. The maximum absolute atomic E-state index is 13.3. The summed E-state index contributed by atoms with van der Waals surface area (Å²) in [4.78, 5) is 0. The van der Waals surface area contributed by atoms with E-state index in [4.69, 9.17) is 9.47 Å². The van der Waals surface area contributed by atoms with Crippen LogP contribution in [-0.2, 0) is 9.47 Å². The summed E-state index contributed by atoms with van der Waals surface area (Å²) in [7, 11) is 0. The van der Waals surface area contributed by atoms with Crippen LogP contribution in [0, 0.1) is 17.6 Å². The highest BCUT2D eigenvalue weighted by molar-refractivity contribution is 5.22. The van der Waals surface area contributed by atoms with Crippen LogP contribution in [0.4, 0.5) is 8.78 Å². The van der Waals surface area contributed by atoms with E-state index in [0.29, 0.717) is 12.5 Å². The molecule has 1 heterocycles. The maximum Gasteiger partial charge on any atom is 0.160 e. The molecule has 0 radical (unpaired) electrons. The van der Waals surface area contributed by atoms with E-state index in [0.717, 1.165) is 37.3 Å². The lowest BCUT2D eigenvalue weighted by Crippen LogP contribution is -2.26. The van der Waals surface area contributed by atoms with Crippen molar-refractivity contribution in [2.75, 3.05) is 6.61 Å². The minimum Gasteiger partial charge on any atom is -0.350 e. The van der Waals surface area contributed by atoms with Crippen LogP contribution in [-0.4, -0.2) is 19.0 Å². The highest BCUT2D eigenvalue weighted by atomic mass is 19.1. The molecule has 1 aliphatic carbocycles. The van der Waals surface area contributed by atoms with E-state index in [1.54, 1.807) is 0 Å². The maximum atomic E-state index is 13.3. The van der Waals surface area contributed by atoms with E-state index in [9.17, 15) is 8.78 Å². The van der Waals surface area contributed by atoms with Crippen LogP contribution in [0.5, 0.6) is 0 Å². The predicted molar refractivity (Wildman–Crippen MR) is 71.3 cm³/mol. The molecular formula is C16H20F2O2. The van der Waals surface area contributed by atoms with Crippen molar-refractivity contribution in [3.05, 3.63) is 35.4 Å². The fraction of sp³-hybridized carbons (Fsp3) is 0.625. The largest absolute Gasteiger partial charge is 0.350 e. The van der Waals surface area contributed by atoms with Gasteiger partial charge in [-0.3, -0.25) is 0 Å². The Balaban J connectivity index is 1.60. The summed E-state index contributed by atoms with van der Waals surface area (Å²) in [5.41, 5.74) is 0.780. The molecule has 1 saturated carbocycles. The molecule has 2 nitrogen and oxygen atoms in total. The Morgan fingerprint density at radius 3 is 2.20 bits per heavy atom. The van der Waals surface area contributed by atoms with Gasteiger partial charge in [-0.1, -0.05) is 0 Å². The van der Waals surface area contributed by atoms with Crippen LogP contribution in [0.3, 0.4) is 0 Å². The van der Waals surface area contributed by atoms with E-state index >= 15 is 0 Å². The third kappa shape index (κ3) is 3.01. The van der Waals surface area contributed by atoms with Crippen molar-refractivity contribution in [3.63, 3.8) is 0 Å². The second-order valence-corrected chi connectivity index (χ2v) is 5.96. The van der Waals surface area contributed by atoms with Crippen molar-refractivity contribution in [3.8, 4) is 0 Å². The normalized spacial score (nSPS) is 34.4. The van der Waals surface area contributed by atoms with E-state index in [-0.39, 0.29) is 18.3 Å². The van der Waals surface area contributed by atoms with Crippen molar-refractivity contribution >= 4 is 0 Å². The molecule has 0 aromatic heterocycles. The van der Waals surface area contributed by atoms with E-state index in [1.165, 1.54) is 12.1 Å². The zero-order valence-electron chi connectivity index (χ0n) is 11.6. The number of rotatable bonds is 2. The Morgan fingerprint density at radius 1 is 1.00 bits per heavy atom. The molecule has 1 aliphatic heterocycles. The lowest BCUT2D eigenvalue weighted by atomic mass is 9.78. The molecule has 0 amide bonds. The average molecular weight is 282 g/mol. The molecule has 1 aromatic rings. The monoisotopic (exact) mass is 282 g/mol. The molecule has 2 fully saturated rings. The van der Waals surface area contributed by atoms with Crippen molar-refractivity contribution in [1.82, 2.24) is 0 Å². The summed E-state index contributed by atoms with van der Waals surface area (Å²) in [5.74, 6) is -0.318. The van der Waals surface area contributed by atoms with Crippen molar-refractivity contribution in [2.24, 2.45) is 5.92 Å². The summed E-state index contributed by atoms with van der Waals surface area (Å²) in [6.07, 6.45) is 3.93. The fourth-order valence-corrected chi connectivity index (χ4v) is 3.32. The zero-order valence-corrected chi connectivity index (χ0v) is 11.6. The van der Waals surface area contributed by atoms with Gasteiger partial charge in [-0.05, 0) is 56.2 Å². The fourth-order valence-electron chi connectivity index (χ4n) is 3.32. The molecule has 4 heteroatoms. The first-order chi connectivity index (χ1) is 9.61. The average Bonchev–Trinajstić information content (AvgIpc) is 2.84. The third-order valence-corrected chi connectivity index (χ3v) is 4.37. The van der Waals surface area contributed by atoms with Gasteiger partial charge >= 0.3 is 0 Å². The van der Waals surface area contributed by atoms with Crippen LogP contribution in [0.1, 0.15) is 44.1 Å². The quantitative estimate of drug-likeness (QED) is 0.816. The van der Waals surface area contributed by atoms with Gasteiger partial charge in [0.15, 0.2) is 6.29 Å². The minimum atomic E-state index is -0.488. The Kier molecular flexibility index (Phi) is 4.03. The van der Waals surface area contributed by atoms with Gasteiger partial charge in [0.05, 0.1) is 12.7 Å². The van der Waals surface area contributed by atoms with Gasteiger partial charge in [-0.2, -0.15) is 0 Å². The number of benzene rings is 1. The Bertz CT molecular complexity index is 449. The molecule has 20 heavy (non-hydrogen) atoms. The standard InChI is InChI=1S/C16H20F2O2/c1-10-9-19-16(20-10)12-4-2-11(3-5-12)13-6-14(17)8-15(18)7-13/h6-8,10-12,16H,2-5,9H2,1H3. The van der Waals surface area contributed by atoms with Crippen LogP contribution in [0.15, 0.2) is 18.2 Å². The summed E-state index contributed by atoms with van der Waals surface area (Å²) in [6.45, 7) is 2.68. The van der Waals surface area contributed by atoms with Gasteiger partial charge in [0.2, 0.25) is 0 Å². The van der Waals surface area contributed by atoms with Crippen molar-refractivity contribution in [2.45, 2.75) is 50.9 Å². The number of ether oxygens (including phenoxy) is 2. The first kappa shape index (κ1) is 14.0. The second-order valence-electron chi connectivity index (χ2n) is 5.96. The highest BCUT2D eigenvalue weighted by Gasteiger charge is 2.34. The molecule has 1 saturated heterocycles. The van der Waals surface area contributed by atoms with Crippen LogP contribution in [0.25, 0.3) is 0 Å². The van der Waals surface area contributed by atoms with E-state index < -0.39 is 11.6 Å². The Hall–Kier alpha value is -1.00. The number of hydrogen-bond acceptors (Lipinski definition) is 2. The first-order valence-corrected chi connectivity index (χ1v) is 7.35. The Morgan fingerprint density at radius 2 is 1.65 bits per heavy atom. The Labute approximate surface area is 118 Å². The molecule has 0 N–H and O–H groups in total. The van der Waals surface area contributed by atoms with Crippen molar-refractivity contribution < 1.29 is 18.3 Å². The molecule has 1 aromatic carbocycles. The second kappa shape index (κ2) is 5.78. The van der Waals surface area contributed by atoms with Crippen LogP contribution in [0.2, 0.25) is 0 Å². The summed E-state index contributed by atoms with van der Waals surface area (Å²) in [5, 5.41) is 0. The number of hydrogen-bond donors (Lipinski definition) is 0. The molecule has 0 spiro atoms. The van der Waals surface area contributed by atoms with Crippen LogP contribution >= 0.6 is 0 Å². The van der Waals surface area contributed by atoms with Gasteiger partial charge in [0.1, 0.15) is 11.6 Å². The lowest BCUT2D eigenvalue weighted by Gasteiger charge is -2.31. The topological polar surface area (TPSA) is 18.5 Å². The van der Waals surface area contributed by atoms with Gasteiger partial charge in [0, 0.05) is 12.0 Å². The smallest absolute Gasteiger partial charge is 0.160 e. The highest BCUT2D eigenvalue weighted by Crippen LogP contribution is 2.39. The van der Waals surface area contributed by atoms with E-state index in [2.05, 4.69) is 0 Å². The summed E-state index contributed by atoms with van der Waals surface area (Å²) in [6, 6.07) is 3.84. The molecule has 2 atom stereocenters.